The zero-order chi connectivity index (χ0) is 21.5. The molecule has 1 N–H and O–H groups in total. The molecule has 1 fully saturated rings. The van der Waals surface area contributed by atoms with Gasteiger partial charge < -0.3 is 29.3 Å². The minimum absolute atomic E-state index is 0. The number of methoxy groups -OCH3 is 3. The van der Waals surface area contributed by atoms with Crippen LogP contribution in [0.4, 0.5) is 5.69 Å². The third-order valence-electron chi connectivity index (χ3n) is 5.16. The van der Waals surface area contributed by atoms with Crippen LogP contribution in [0.5, 0.6) is 17.2 Å². The van der Waals surface area contributed by atoms with Gasteiger partial charge in [0.1, 0.15) is 0 Å². The molecule has 0 amide bonds. The van der Waals surface area contributed by atoms with E-state index in [0.717, 1.165) is 48.4 Å². The highest BCUT2D eigenvalue weighted by Gasteiger charge is 2.21. The highest BCUT2D eigenvalue weighted by molar-refractivity contribution is 14.0. The summed E-state index contributed by atoms with van der Waals surface area (Å²) in [5.41, 5.74) is 2.10. The molecule has 0 aromatic heterocycles. The molecule has 0 unspecified atom stereocenters. The SMILES string of the molecule is CN=C(NCc1cc(OC)c(OC)c(OC)c1)N1CCN(c2ccccc2Cl)CC1.I. The number of para-hydroxylation sites is 1. The van der Waals surface area contributed by atoms with Crippen molar-refractivity contribution in [2.24, 2.45) is 4.99 Å². The minimum Gasteiger partial charge on any atom is -0.493 e. The summed E-state index contributed by atoms with van der Waals surface area (Å²) in [5.74, 6) is 2.72. The molecule has 2 aromatic rings. The number of rotatable bonds is 6. The van der Waals surface area contributed by atoms with Crippen molar-refractivity contribution in [1.82, 2.24) is 10.2 Å². The summed E-state index contributed by atoms with van der Waals surface area (Å²) < 4.78 is 16.3. The molecule has 1 saturated heterocycles. The molecular weight excluding hydrogens is 531 g/mol. The molecule has 0 atom stereocenters. The molecule has 170 valence electrons. The van der Waals surface area contributed by atoms with Crippen LogP contribution >= 0.6 is 35.6 Å². The first kappa shape index (κ1) is 25.2. The fourth-order valence-corrected chi connectivity index (χ4v) is 3.87. The Kier molecular flexibility index (Phi) is 9.83. The first-order chi connectivity index (χ1) is 14.6. The van der Waals surface area contributed by atoms with Crippen LogP contribution in [0.1, 0.15) is 5.56 Å². The second-order valence-electron chi connectivity index (χ2n) is 6.86. The van der Waals surface area contributed by atoms with Gasteiger partial charge in [0.15, 0.2) is 17.5 Å². The van der Waals surface area contributed by atoms with Crippen molar-refractivity contribution in [3.63, 3.8) is 0 Å². The number of nitrogens with zero attached hydrogens (tertiary/aromatic N) is 3. The Morgan fingerprint density at radius 3 is 2.13 bits per heavy atom. The van der Waals surface area contributed by atoms with E-state index in [-0.39, 0.29) is 24.0 Å². The van der Waals surface area contributed by atoms with E-state index in [1.807, 2.05) is 30.3 Å². The Labute approximate surface area is 206 Å². The molecule has 2 aromatic carbocycles. The number of piperazine rings is 1. The number of benzene rings is 2. The lowest BCUT2D eigenvalue weighted by Crippen LogP contribution is -2.52. The Balaban J connectivity index is 0.00000341. The van der Waals surface area contributed by atoms with E-state index in [9.17, 15) is 0 Å². The van der Waals surface area contributed by atoms with Gasteiger partial charge in [-0.1, -0.05) is 23.7 Å². The summed E-state index contributed by atoms with van der Waals surface area (Å²) in [6, 6.07) is 11.9. The number of aliphatic imine (C=N–C) groups is 1. The van der Waals surface area contributed by atoms with Crippen LogP contribution < -0.4 is 24.4 Å². The van der Waals surface area contributed by atoms with Gasteiger partial charge in [-0.15, -0.1) is 24.0 Å². The van der Waals surface area contributed by atoms with Crippen LogP contribution in [0.2, 0.25) is 5.02 Å². The predicted octanol–water partition coefficient (Wildman–Crippen LogP) is 3.88. The molecule has 1 aliphatic heterocycles. The monoisotopic (exact) mass is 560 g/mol. The first-order valence-electron chi connectivity index (χ1n) is 9.85. The molecule has 1 aliphatic rings. The first-order valence-corrected chi connectivity index (χ1v) is 10.2. The molecular formula is C22H30ClIN4O3. The highest BCUT2D eigenvalue weighted by Crippen LogP contribution is 2.38. The average molecular weight is 561 g/mol. The van der Waals surface area contributed by atoms with E-state index in [2.05, 4.69) is 26.2 Å². The van der Waals surface area contributed by atoms with E-state index in [4.69, 9.17) is 25.8 Å². The van der Waals surface area contributed by atoms with E-state index in [0.29, 0.717) is 23.8 Å². The van der Waals surface area contributed by atoms with Gasteiger partial charge in [0.2, 0.25) is 5.75 Å². The number of ether oxygens (including phenoxy) is 3. The summed E-state index contributed by atoms with van der Waals surface area (Å²) in [7, 11) is 6.64. The van der Waals surface area contributed by atoms with Gasteiger partial charge in [-0.3, -0.25) is 4.99 Å². The minimum atomic E-state index is 0. The average Bonchev–Trinajstić information content (AvgIpc) is 2.79. The number of nitrogens with one attached hydrogen (secondary N) is 1. The maximum atomic E-state index is 6.35. The van der Waals surface area contributed by atoms with Crippen molar-refractivity contribution < 1.29 is 14.2 Å². The molecule has 0 spiro atoms. The number of hydrogen-bond acceptors (Lipinski definition) is 5. The molecule has 0 bridgehead atoms. The Bertz CT molecular complexity index is 864. The third kappa shape index (κ3) is 6.00. The van der Waals surface area contributed by atoms with Crippen molar-refractivity contribution in [1.29, 1.82) is 0 Å². The van der Waals surface area contributed by atoms with Gasteiger partial charge in [0.25, 0.3) is 0 Å². The summed E-state index contributed by atoms with van der Waals surface area (Å²) in [6.07, 6.45) is 0. The maximum absolute atomic E-state index is 6.35. The molecule has 7 nitrogen and oxygen atoms in total. The summed E-state index contributed by atoms with van der Waals surface area (Å²) in [4.78, 5) is 9.03. The largest absolute Gasteiger partial charge is 0.493 e. The van der Waals surface area contributed by atoms with E-state index in [1.165, 1.54) is 0 Å². The van der Waals surface area contributed by atoms with Crippen LogP contribution in [0.15, 0.2) is 41.4 Å². The molecule has 9 heteroatoms. The molecule has 0 aliphatic carbocycles. The van der Waals surface area contributed by atoms with Crippen LogP contribution in [0.3, 0.4) is 0 Å². The Hall–Kier alpha value is -2.07. The quantitative estimate of drug-likeness (QED) is 0.329. The normalized spacial score (nSPS) is 14.0. The predicted molar refractivity (Wildman–Crippen MR) is 137 cm³/mol. The van der Waals surface area contributed by atoms with Crippen LogP contribution in [-0.2, 0) is 6.54 Å². The third-order valence-corrected chi connectivity index (χ3v) is 5.48. The fraction of sp³-hybridized carbons (Fsp3) is 0.409. The van der Waals surface area contributed by atoms with Gasteiger partial charge in [-0.25, -0.2) is 0 Å². The number of anilines is 1. The fourth-order valence-electron chi connectivity index (χ4n) is 3.62. The van der Waals surface area contributed by atoms with Crippen molar-refractivity contribution in [2.75, 3.05) is 59.5 Å². The smallest absolute Gasteiger partial charge is 0.203 e. The second-order valence-corrected chi connectivity index (χ2v) is 7.27. The maximum Gasteiger partial charge on any atom is 0.203 e. The van der Waals surface area contributed by atoms with E-state index in [1.54, 1.807) is 28.4 Å². The van der Waals surface area contributed by atoms with Crippen LogP contribution in [0, 0.1) is 0 Å². The molecule has 0 radical (unpaired) electrons. The second kappa shape index (κ2) is 12.1. The molecule has 31 heavy (non-hydrogen) atoms. The van der Waals surface area contributed by atoms with Crippen LogP contribution in [-0.4, -0.2) is 65.4 Å². The Morgan fingerprint density at radius 1 is 1.00 bits per heavy atom. The summed E-state index contributed by atoms with van der Waals surface area (Å²) in [6.45, 7) is 4.08. The van der Waals surface area contributed by atoms with Crippen molar-refractivity contribution >= 4 is 47.2 Å². The molecule has 1 heterocycles. The lowest BCUT2D eigenvalue weighted by atomic mass is 10.1. The Morgan fingerprint density at radius 2 is 1.61 bits per heavy atom. The van der Waals surface area contributed by atoms with Crippen molar-refractivity contribution in [3.05, 3.63) is 47.0 Å². The standard InChI is InChI=1S/C22H29ClN4O3.HI/c1-24-22(25-15-16-13-19(28-2)21(30-4)20(14-16)29-3)27-11-9-26(10-12-27)18-8-6-5-7-17(18)23;/h5-8,13-14H,9-12,15H2,1-4H3,(H,24,25);1H. The van der Waals surface area contributed by atoms with Gasteiger partial charge in [0.05, 0.1) is 32.0 Å². The number of hydrogen-bond donors (Lipinski definition) is 1. The molecule has 0 saturated carbocycles. The number of halogens is 2. The van der Waals surface area contributed by atoms with Gasteiger partial charge in [0, 0.05) is 39.8 Å². The lowest BCUT2D eigenvalue weighted by Gasteiger charge is -2.38. The topological polar surface area (TPSA) is 58.6 Å². The number of guanidine groups is 1. The summed E-state index contributed by atoms with van der Waals surface area (Å²) in [5, 5.41) is 4.23. The lowest BCUT2D eigenvalue weighted by molar-refractivity contribution is 0.323. The van der Waals surface area contributed by atoms with E-state index < -0.39 is 0 Å². The highest BCUT2D eigenvalue weighted by atomic mass is 127. The zero-order valence-corrected chi connectivity index (χ0v) is 21.4. The summed E-state index contributed by atoms with van der Waals surface area (Å²) >= 11 is 6.35. The van der Waals surface area contributed by atoms with Crippen molar-refractivity contribution in [3.8, 4) is 17.2 Å². The van der Waals surface area contributed by atoms with Crippen LogP contribution in [0.25, 0.3) is 0 Å². The van der Waals surface area contributed by atoms with E-state index >= 15 is 0 Å². The van der Waals surface area contributed by atoms with Gasteiger partial charge in [-0.05, 0) is 29.8 Å². The van der Waals surface area contributed by atoms with Gasteiger partial charge >= 0.3 is 0 Å². The van der Waals surface area contributed by atoms with Gasteiger partial charge in [-0.2, -0.15) is 0 Å². The molecule has 3 rings (SSSR count). The zero-order valence-electron chi connectivity index (χ0n) is 18.4. The van der Waals surface area contributed by atoms with Crippen molar-refractivity contribution in [2.45, 2.75) is 6.54 Å².